The molecule has 0 aromatic heterocycles. The number of amides is 2. The van der Waals surface area contributed by atoms with Crippen LogP contribution in [0, 0.1) is 11.6 Å². The summed E-state index contributed by atoms with van der Waals surface area (Å²) in [5.41, 5.74) is -0.438. The van der Waals surface area contributed by atoms with E-state index in [1.807, 2.05) is 0 Å². The SMILES string of the molecule is CC(C)(C)OC(=O)NC1CCC(c2cccc(F)c2F)CNC1=O. The third kappa shape index (κ3) is 4.66. The first-order chi connectivity index (χ1) is 11.2. The van der Waals surface area contributed by atoms with Gasteiger partial charge >= 0.3 is 6.09 Å². The van der Waals surface area contributed by atoms with Crippen molar-refractivity contribution in [3.63, 3.8) is 0 Å². The van der Waals surface area contributed by atoms with Gasteiger partial charge in [-0.05, 0) is 45.2 Å². The van der Waals surface area contributed by atoms with Crippen LogP contribution in [0.3, 0.4) is 0 Å². The van der Waals surface area contributed by atoms with E-state index in [9.17, 15) is 18.4 Å². The van der Waals surface area contributed by atoms with E-state index in [1.165, 1.54) is 12.1 Å². The van der Waals surface area contributed by atoms with Gasteiger partial charge in [-0.15, -0.1) is 0 Å². The highest BCUT2D eigenvalue weighted by Gasteiger charge is 2.30. The minimum atomic E-state index is -0.911. The van der Waals surface area contributed by atoms with Gasteiger partial charge in [0.2, 0.25) is 5.91 Å². The Morgan fingerprint density at radius 3 is 2.67 bits per heavy atom. The monoisotopic (exact) mass is 340 g/mol. The fraction of sp³-hybridized carbons (Fsp3) is 0.529. The summed E-state index contributed by atoms with van der Waals surface area (Å²) in [5, 5.41) is 5.18. The maximum atomic E-state index is 13.9. The highest BCUT2D eigenvalue weighted by atomic mass is 19.2. The van der Waals surface area contributed by atoms with Crippen LogP contribution in [0.4, 0.5) is 13.6 Å². The number of hydrogen-bond acceptors (Lipinski definition) is 3. The lowest BCUT2D eigenvalue weighted by Crippen LogP contribution is -2.47. The summed E-state index contributed by atoms with van der Waals surface area (Å²) in [6, 6.07) is 3.25. The molecule has 1 aromatic carbocycles. The van der Waals surface area contributed by atoms with Gasteiger partial charge in [0.1, 0.15) is 11.6 Å². The molecular formula is C17H22F2N2O3. The summed E-state index contributed by atoms with van der Waals surface area (Å²) in [5.74, 6) is -2.52. The maximum Gasteiger partial charge on any atom is 0.408 e. The number of hydrogen-bond donors (Lipinski definition) is 2. The second-order valence-corrected chi connectivity index (χ2v) is 6.86. The predicted octanol–water partition coefficient (Wildman–Crippen LogP) is 2.85. The molecular weight excluding hydrogens is 318 g/mol. The van der Waals surface area contributed by atoms with Gasteiger partial charge in [0, 0.05) is 12.5 Å². The van der Waals surface area contributed by atoms with Crippen LogP contribution in [0.1, 0.15) is 45.1 Å². The number of carbonyl (C=O) groups excluding carboxylic acids is 2. The van der Waals surface area contributed by atoms with E-state index >= 15 is 0 Å². The molecule has 1 aromatic rings. The Labute approximate surface area is 139 Å². The molecule has 2 unspecified atom stereocenters. The fourth-order valence-corrected chi connectivity index (χ4v) is 2.64. The Morgan fingerprint density at radius 2 is 2.00 bits per heavy atom. The normalized spacial score (nSPS) is 21.6. The number of alkyl carbamates (subject to hydrolysis) is 1. The van der Waals surface area contributed by atoms with Crippen LogP contribution in [0.2, 0.25) is 0 Å². The summed E-state index contributed by atoms with van der Waals surface area (Å²) < 4.78 is 32.5. The van der Waals surface area contributed by atoms with E-state index in [-0.39, 0.29) is 23.9 Å². The molecule has 24 heavy (non-hydrogen) atoms. The smallest absolute Gasteiger partial charge is 0.408 e. The first kappa shape index (κ1) is 18.2. The summed E-state index contributed by atoms with van der Waals surface area (Å²) in [7, 11) is 0. The molecule has 0 saturated carbocycles. The van der Waals surface area contributed by atoms with Crippen molar-refractivity contribution < 1.29 is 23.1 Å². The zero-order valence-electron chi connectivity index (χ0n) is 14.0. The average Bonchev–Trinajstić information content (AvgIpc) is 2.63. The quantitative estimate of drug-likeness (QED) is 0.870. The van der Waals surface area contributed by atoms with Crippen molar-refractivity contribution in [3.8, 4) is 0 Å². The van der Waals surface area contributed by atoms with Gasteiger partial charge in [-0.1, -0.05) is 12.1 Å². The molecule has 2 atom stereocenters. The molecule has 2 rings (SSSR count). The molecule has 1 fully saturated rings. The second kappa shape index (κ2) is 7.15. The highest BCUT2D eigenvalue weighted by molar-refractivity contribution is 5.85. The van der Waals surface area contributed by atoms with Gasteiger partial charge in [0.25, 0.3) is 0 Å². The van der Waals surface area contributed by atoms with Crippen LogP contribution in [0.25, 0.3) is 0 Å². The first-order valence-electron chi connectivity index (χ1n) is 7.88. The lowest BCUT2D eigenvalue weighted by atomic mass is 9.93. The van der Waals surface area contributed by atoms with E-state index < -0.39 is 29.4 Å². The fourth-order valence-electron chi connectivity index (χ4n) is 2.64. The van der Waals surface area contributed by atoms with Crippen molar-refractivity contribution >= 4 is 12.0 Å². The number of carbonyl (C=O) groups is 2. The molecule has 5 nitrogen and oxygen atoms in total. The summed E-state index contributed by atoms with van der Waals surface area (Å²) >= 11 is 0. The van der Waals surface area contributed by atoms with Crippen LogP contribution in [-0.4, -0.2) is 30.2 Å². The van der Waals surface area contributed by atoms with E-state index in [0.717, 1.165) is 6.07 Å². The van der Waals surface area contributed by atoms with Crippen LogP contribution in [-0.2, 0) is 9.53 Å². The minimum Gasteiger partial charge on any atom is -0.444 e. The Hall–Kier alpha value is -2.18. The molecule has 7 heteroatoms. The predicted molar refractivity (Wildman–Crippen MR) is 84.5 cm³/mol. The standard InChI is InChI=1S/C17H22F2N2O3/c1-17(2,3)24-16(23)21-13-8-7-10(9-20-15(13)22)11-5-4-6-12(18)14(11)19/h4-6,10,13H,7-9H2,1-3H3,(H,20,22)(H,21,23). The zero-order chi connectivity index (χ0) is 17.9. The van der Waals surface area contributed by atoms with Crippen molar-refractivity contribution in [2.45, 2.75) is 51.2 Å². The lowest BCUT2D eigenvalue weighted by molar-refractivity contribution is -0.122. The maximum absolute atomic E-state index is 13.9. The number of rotatable bonds is 2. The van der Waals surface area contributed by atoms with E-state index in [4.69, 9.17) is 4.74 Å². The topological polar surface area (TPSA) is 67.4 Å². The third-order valence-corrected chi connectivity index (χ3v) is 3.76. The number of nitrogens with one attached hydrogen (secondary N) is 2. The van der Waals surface area contributed by atoms with Gasteiger partial charge in [0.15, 0.2) is 11.6 Å². The number of benzene rings is 1. The molecule has 0 spiro atoms. The van der Waals surface area contributed by atoms with Crippen molar-refractivity contribution in [1.82, 2.24) is 10.6 Å². The average molecular weight is 340 g/mol. The molecule has 2 N–H and O–H groups in total. The molecule has 0 bridgehead atoms. The van der Waals surface area contributed by atoms with Crippen molar-refractivity contribution in [2.75, 3.05) is 6.54 Å². The molecule has 0 radical (unpaired) electrons. The Kier molecular flexibility index (Phi) is 5.41. The minimum absolute atomic E-state index is 0.186. The summed E-state index contributed by atoms with van der Waals surface area (Å²) in [6.07, 6.45) is 0.0590. The molecule has 0 aliphatic carbocycles. The molecule has 1 aliphatic heterocycles. The Balaban J connectivity index is 2.04. The van der Waals surface area contributed by atoms with Crippen LogP contribution in [0.5, 0.6) is 0 Å². The molecule has 132 valence electrons. The molecule has 1 saturated heterocycles. The van der Waals surface area contributed by atoms with Gasteiger partial charge in [-0.3, -0.25) is 4.79 Å². The second-order valence-electron chi connectivity index (χ2n) is 6.86. The van der Waals surface area contributed by atoms with Crippen molar-refractivity contribution in [1.29, 1.82) is 0 Å². The van der Waals surface area contributed by atoms with Gasteiger partial charge in [0.05, 0.1) is 0 Å². The van der Waals surface area contributed by atoms with Gasteiger partial charge < -0.3 is 15.4 Å². The van der Waals surface area contributed by atoms with Gasteiger partial charge in [-0.25, -0.2) is 13.6 Å². The lowest BCUT2D eigenvalue weighted by Gasteiger charge is -2.22. The third-order valence-electron chi connectivity index (χ3n) is 3.76. The summed E-state index contributed by atoms with van der Waals surface area (Å²) in [4.78, 5) is 23.9. The molecule has 1 heterocycles. The number of ether oxygens (including phenoxy) is 1. The first-order valence-corrected chi connectivity index (χ1v) is 7.88. The Morgan fingerprint density at radius 1 is 1.29 bits per heavy atom. The van der Waals surface area contributed by atoms with Crippen LogP contribution in [0.15, 0.2) is 18.2 Å². The van der Waals surface area contributed by atoms with Crippen LogP contribution < -0.4 is 10.6 Å². The summed E-state index contributed by atoms with van der Waals surface area (Å²) in [6.45, 7) is 5.36. The van der Waals surface area contributed by atoms with E-state index in [0.29, 0.717) is 12.8 Å². The van der Waals surface area contributed by atoms with Crippen molar-refractivity contribution in [2.24, 2.45) is 0 Å². The highest BCUT2D eigenvalue weighted by Crippen LogP contribution is 2.27. The van der Waals surface area contributed by atoms with Gasteiger partial charge in [-0.2, -0.15) is 0 Å². The molecule has 1 aliphatic rings. The molecule has 2 amide bonds. The largest absolute Gasteiger partial charge is 0.444 e. The van der Waals surface area contributed by atoms with E-state index in [1.54, 1.807) is 20.8 Å². The Bertz CT molecular complexity index is 629. The van der Waals surface area contributed by atoms with Crippen LogP contribution >= 0.6 is 0 Å². The van der Waals surface area contributed by atoms with E-state index in [2.05, 4.69) is 10.6 Å². The van der Waals surface area contributed by atoms with Crippen molar-refractivity contribution in [3.05, 3.63) is 35.4 Å². The zero-order valence-corrected chi connectivity index (χ0v) is 14.0. The number of halogens is 2.